The van der Waals surface area contributed by atoms with Gasteiger partial charge in [0.1, 0.15) is 0 Å². The van der Waals surface area contributed by atoms with Crippen molar-refractivity contribution in [2.45, 2.75) is 6.04 Å². The number of benzene rings is 4. The smallest absolute Gasteiger partial charge is 0.0625 e. The van der Waals surface area contributed by atoms with Gasteiger partial charge in [-0.25, -0.2) is 0 Å². The van der Waals surface area contributed by atoms with Crippen LogP contribution in [0.4, 0.5) is 5.69 Å². The van der Waals surface area contributed by atoms with Crippen molar-refractivity contribution in [1.29, 1.82) is 0 Å². The van der Waals surface area contributed by atoms with Crippen molar-refractivity contribution in [2.75, 3.05) is 31.1 Å². The molecule has 0 spiro atoms. The standard InChI is InChI=1S/C31H29N3/c1-4-10-24(11-5-1)27-16-17-29-28(22-27)30(23-32-29)33-18-20-34(21-19-33)31(25-12-6-2-7-13-25)26-14-8-3-9-15-26/h1-17,22-23,31-32H,18-21H2. The van der Waals surface area contributed by atoms with Crippen molar-refractivity contribution in [3.8, 4) is 11.1 Å². The number of H-pyrrole nitrogens is 1. The lowest BCUT2D eigenvalue weighted by Gasteiger charge is -2.40. The van der Waals surface area contributed by atoms with Crippen LogP contribution in [0.5, 0.6) is 0 Å². The van der Waals surface area contributed by atoms with Gasteiger partial charge in [0.25, 0.3) is 0 Å². The number of anilines is 1. The van der Waals surface area contributed by atoms with Crippen molar-refractivity contribution >= 4 is 16.6 Å². The minimum absolute atomic E-state index is 0.289. The first-order valence-corrected chi connectivity index (χ1v) is 12.1. The maximum absolute atomic E-state index is 3.49. The molecule has 6 rings (SSSR count). The average molecular weight is 444 g/mol. The van der Waals surface area contributed by atoms with Gasteiger partial charge in [0.05, 0.1) is 11.7 Å². The second kappa shape index (κ2) is 9.20. The molecule has 0 aliphatic carbocycles. The molecule has 3 heteroatoms. The molecule has 1 N–H and O–H groups in total. The summed E-state index contributed by atoms with van der Waals surface area (Å²) in [4.78, 5) is 8.66. The van der Waals surface area contributed by atoms with Gasteiger partial charge in [-0.1, -0.05) is 97.1 Å². The van der Waals surface area contributed by atoms with Crippen LogP contribution in [0.25, 0.3) is 22.0 Å². The third kappa shape index (κ3) is 4.00. The molecule has 0 atom stereocenters. The first kappa shape index (κ1) is 20.8. The van der Waals surface area contributed by atoms with E-state index in [0.717, 1.165) is 26.2 Å². The minimum atomic E-state index is 0.289. The quantitative estimate of drug-likeness (QED) is 0.325. The molecule has 1 aliphatic rings. The zero-order valence-corrected chi connectivity index (χ0v) is 19.3. The Hall–Kier alpha value is -3.82. The Labute approximate surface area is 201 Å². The van der Waals surface area contributed by atoms with Gasteiger partial charge in [-0.2, -0.15) is 0 Å². The molecule has 1 saturated heterocycles. The Balaban J connectivity index is 1.26. The molecule has 0 saturated carbocycles. The summed E-state index contributed by atoms with van der Waals surface area (Å²) in [6, 6.07) is 39.5. The molecule has 0 radical (unpaired) electrons. The zero-order valence-electron chi connectivity index (χ0n) is 19.3. The molecule has 0 amide bonds. The predicted molar refractivity (Wildman–Crippen MR) is 142 cm³/mol. The Kier molecular flexibility index (Phi) is 5.62. The largest absolute Gasteiger partial charge is 0.367 e. The number of fused-ring (bicyclic) bond motifs is 1. The van der Waals surface area contributed by atoms with Crippen LogP contribution < -0.4 is 4.90 Å². The summed E-state index contributed by atoms with van der Waals surface area (Å²) in [7, 11) is 0. The molecule has 2 heterocycles. The number of piperazine rings is 1. The van der Waals surface area contributed by atoms with E-state index in [1.165, 1.54) is 38.8 Å². The van der Waals surface area contributed by atoms with Crippen LogP contribution in [-0.2, 0) is 0 Å². The number of aromatic nitrogens is 1. The molecule has 3 nitrogen and oxygen atoms in total. The van der Waals surface area contributed by atoms with Crippen molar-refractivity contribution in [2.24, 2.45) is 0 Å². The molecule has 4 aromatic carbocycles. The molecule has 34 heavy (non-hydrogen) atoms. The lowest BCUT2D eigenvalue weighted by atomic mass is 9.96. The number of nitrogens with zero attached hydrogens (tertiary/aromatic N) is 2. The van der Waals surface area contributed by atoms with Crippen LogP contribution in [0.15, 0.2) is 115 Å². The normalized spacial score (nSPS) is 14.7. The van der Waals surface area contributed by atoms with E-state index in [4.69, 9.17) is 0 Å². The van der Waals surface area contributed by atoms with Gasteiger partial charge in [0.2, 0.25) is 0 Å². The lowest BCUT2D eigenvalue weighted by molar-refractivity contribution is 0.212. The molecule has 5 aromatic rings. The van der Waals surface area contributed by atoms with E-state index in [1.807, 2.05) is 0 Å². The van der Waals surface area contributed by atoms with Crippen LogP contribution in [0.2, 0.25) is 0 Å². The fourth-order valence-electron chi connectivity index (χ4n) is 5.28. The van der Waals surface area contributed by atoms with Crippen LogP contribution in [0, 0.1) is 0 Å². The summed E-state index contributed by atoms with van der Waals surface area (Å²) >= 11 is 0. The van der Waals surface area contributed by atoms with Crippen molar-refractivity contribution < 1.29 is 0 Å². The van der Waals surface area contributed by atoms with Crippen LogP contribution >= 0.6 is 0 Å². The van der Waals surface area contributed by atoms with Crippen LogP contribution in [0.3, 0.4) is 0 Å². The second-order valence-electron chi connectivity index (χ2n) is 9.05. The van der Waals surface area contributed by atoms with E-state index < -0.39 is 0 Å². The highest BCUT2D eigenvalue weighted by molar-refractivity contribution is 5.96. The maximum atomic E-state index is 3.49. The van der Waals surface area contributed by atoms with Gasteiger partial charge in [0, 0.05) is 43.3 Å². The first-order valence-electron chi connectivity index (χ1n) is 12.1. The molecule has 168 valence electrons. The summed E-state index contributed by atoms with van der Waals surface area (Å²) < 4.78 is 0. The van der Waals surface area contributed by atoms with Crippen molar-refractivity contribution in [1.82, 2.24) is 9.88 Å². The summed E-state index contributed by atoms with van der Waals surface area (Å²) in [6.45, 7) is 4.08. The Morgan fingerprint density at radius 3 is 1.79 bits per heavy atom. The summed E-state index contributed by atoms with van der Waals surface area (Å²) in [5.41, 5.74) is 7.76. The van der Waals surface area contributed by atoms with E-state index >= 15 is 0 Å². The van der Waals surface area contributed by atoms with Crippen molar-refractivity contribution in [3.63, 3.8) is 0 Å². The molecular formula is C31H29N3. The molecule has 1 aromatic heterocycles. The maximum Gasteiger partial charge on any atom is 0.0625 e. The predicted octanol–water partition coefficient (Wildman–Crippen LogP) is 6.75. The van der Waals surface area contributed by atoms with Crippen LogP contribution in [0.1, 0.15) is 17.2 Å². The van der Waals surface area contributed by atoms with E-state index in [0.29, 0.717) is 0 Å². The Morgan fingerprint density at radius 1 is 0.588 bits per heavy atom. The molecule has 0 unspecified atom stereocenters. The summed E-state index contributed by atoms with van der Waals surface area (Å²) in [5.74, 6) is 0. The van der Waals surface area contributed by atoms with Gasteiger partial charge >= 0.3 is 0 Å². The van der Waals surface area contributed by atoms with E-state index in [2.05, 4.69) is 130 Å². The van der Waals surface area contributed by atoms with Gasteiger partial charge in [0.15, 0.2) is 0 Å². The van der Waals surface area contributed by atoms with Gasteiger partial charge in [-0.05, 0) is 34.4 Å². The third-order valence-electron chi connectivity index (χ3n) is 7.02. The van der Waals surface area contributed by atoms with Crippen LogP contribution in [-0.4, -0.2) is 36.1 Å². The second-order valence-corrected chi connectivity index (χ2v) is 9.05. The molecule has 0 bridgehead atoms. The minimum Gasteiger partial charge on any atom is -0.367 e. The molecule has 1 fully saturated rings. The van der Waals surface area contributed by atoms with E-state index in [1.54, 1.807) is 0 Å². The first-order chi connectivity index (χ1) is 16.9. The van der Waals surface area contributed by atoms with Gasteiger partial charge in [-0.15, -0.1) is 0 Å². The van der Waals surface area contributed by atoms with E-state index in [9.17, 15) is 0 Å². The SMILES string of the molecule is c1ccc(-c2ccc3[nH]cc(N4CCN(C(c5ccccc5)c5ccccc5)CC4)c3c2)cc1. The Bertz CT molecular complexity index is 1310. The van der Waals surface area contributed by atoms with Gasteiger partial charge < -0.3 is 9.88 Å². The zero-order chi connectivity index (χ0) is 22.7. The number of aromatic amines is 1. The number of hydrogen-bond donors (Lipinski definition) is 1. The Morgan fingerprint density at radius 2 is 1.18 bits per heavy atom. The highest BCUT2D eigenvalue weighted by Crippen LogP contribution is 2.34. The van der Waals surface area contributed by atoms with Crippen molar-refractivity contribution in [3.05, 3.63) is 127 Å². The highest BCUT2D eigenvalue weighted by Gasteiger charge is 2.27. The monoisotopic (exact) mass is 443 g/mol. The molecule has 1 aliphatic heterocycles. The number of nitrogens with one attached hydrogen (secondary N) is 1. The molecular weight excluding hydrogens is 414 g/mol. The fraction of sp³-hybridized carbons (Fsp3) is 0.161. The fourth-order valence-corrected chi connectivity index (χ4v) is 5.28. The number of hydrogen-bond acceptors (Lipinski definition) is 2. The third-order valence-corrected chi connectivity index (χ3v) is 7.02. The summed E-state index contributed by atoms with van der Waals surface area (Å²) in [5, 5.41) is 1.30. The lowest BCUT2D eigenvalue weighted by Crippen LogP contribution is -2.47. The van der Waals surface area contributed by atoms with E-state index in [-0.39, 0.29) is 6.04 Å². The van der Waals surface area contributed by atoms with Gasteiger partial charge in [-0.3, -0.25) is 4.90 Å². The topological polar surface area (TPSA) is 22.3 Å². The summed E-state index contributed by atoms with van der Waals surface area (Å²) in [6.07, 6.45) is 2.18. The highest BCUT2D eigenvalue weighted by atomic mass is 15.3. The number of rotatable bonds is 5. The average Bonchev–Trinajstić information content (AvgIpc) is 3.34.